The van der Waals surface area contributed by atoms with Gasteiger partial charge in [0.05, 0.1) is 12.5 Å². The van der Waals surface area contributed by atoms with E-state index in [9.17, 15) is 19.6 Å². The molecule has 1 rings (SSSR count). The van der Waals surface area contributed by atoms with Gasteiger partial charge in [-0.3, -0.25) is 9.59 Å². The smallest absolute Gasteiger partial charge is 0.426 e. The summed E-state index contributed by atoms with van der Waals surface area (Å²) in [4.78, 5) is 25.5. The fourth-order valence-corrected chi connectivity index (χ4v) is 2.45. The fourth-order valence-electron chi connectivity index (χ4n) is 2.45. The molecule has 25 heavy (non-hydrogen) atoms. The fraction of sp³-hybridized carbons (Fsp3) is 0.529. The predicted octanol–water partition coefficient (Wildman–Crippen LogP) is -0.297. The van der Waals surface area contributed by atoms with E-state index in [2.05, 4.69) is 5.32 Å². The van der Waals surface area contributed by atoms with E-state index >= 15 is 0 Å². The third-order valence-corrected chi connectivity index (χ3v) is 3.95. The first-order valence-corrected chi connectivity index (χ1v) is 8.57. The topological polar surface area (TPSA) is 116 Å². The first-order chi connectivity index (χ1) is 11.9. The van der Waals surface area contributed by atoms with Crippen molar-refractivity contribution < 1.29 is 19.6 Å². The molecule has 5 N–H and O–H groups in total. The molecule has 0 aliphatic heterocycles. The van der Waals surface area contributed by atoms with Gasteiger partial charge in [0.1, 0.15) is 0 Å². The average Bonchev–Trinajstić information content (AvgIpc) is 2.59. The minimum Gasteiger partial charge on any atom is -0.426 e. The Morgan fingerprint density at radius 2 is 1.92 bits per heavy atom. The van der Waals surface area contributed by atoms with E-state index in [0.29, 0.717) is 32.2 Å². The third-order valence-electron chi connectivity index (χ3n) is 3.95. The maximum Gasteiger partial charge on any atom is 0.475 e. The number of carbonyl (C=O) groups excluding carboxylic acids is 2. The molecule has 0 fully saturated rings. The first-order valence-electron chi connectivity index (χ1n) is 8.57. The molecule has 0 aliphatic rings. The molecular weight excluding hydrogens is 321 g/mol. The zero-order valence-electron chi connectivity index (χ0n) is 14.7. The number of unbranched alkanes of at least 4 members (excludes halogenated alkanes) is 1. The normalized spacial score (nSPS) is 11.7. The number of benzene rings is 1. The highest BCUT2D eigenvalue weighted by atomic mass is 16.4. The van der Waals surface area contributed by atoms with Gasteiger partial charge in [-0.25, -0.2) is 0 Å². The summed E-state index contributed by atoms with van der Waals surface area (Å²) in [5.74, 6) is -1.31. The summed E-state index contributed by atoms with van der Waals surface area (Å²) in [6.07, 6.45) is 2.78. The van der Waals surface area contributed by atoms with Crippen LogP contribution < -0.4 is 11.1 Å². The van der Waals surface area contributed by atoms with Crippen LogP contribution in [0.4, 0.5) is 0 Å². The van der Waals surface area contributed by atoms with Gasteiger partial charge in [0.15, 0.2) is 0 Å². The summed E-state index contributed by atoms with van der Waals surface area (Å²) in [5.41, 5.74) is 6.47. The molecule has 0 saturated carbocycles. The number of hydrogen-bond donors (Lipinski definition) is 4. The lowest BCUT2D eigenvalue weighted by molar-refractivity contribution is -0.134. The Balaban J connectivity index is 2.39. The van der Waals surface area contributed by atoms with Crippen molar-refractivity contribution in [2.24, 2.45) is 5.73 Å². The number of amides is 2. The van der Waals surface area contributed by atoms with Crippen LogP contribution in [0.25, 0.3) is 0 Å². The van der Waals surface area contributed by atoms with E-state index in [-0.39, 0.29) is 12.5 Å². The summed E-state index contributed by atoms with van der Waals surface area (Å²) in [6, 6.07) is 9.66. The molecule has 1 aromatic carbocycles. The van der Waals surface area contributed by atoms with Gasteiger partial charge in [-0.15, -0.1) is 0 Å². The largest absolute Gasteiger partial charge is 0.475 e. The standard InChI is InChI=1S/C17H28BN3O4/c1-21(17(23)11-10-14-7-3-2-4-8-14)13-16(22)20-15(18(24)25)9-5-6-12-19/h2-4,7-8,15,24-25H,5-6,9-13,19H2,1H3,(H,20,22). The lowest BCUT2D eigenvalue weighted by Gasteiger charge is -2.21. The van der Waals surface area contributed by atoms with E-state index in [0.717, 1.165) is 12.0 Å². The Kier molecular flexibility index (Phi) is 9.83. The number of likely N-dealkylation sites (N-methyl/N-ethyl adjacent to an activating group) is 1. The molecule has 0 saturated heterocycles. The van der Waals surface area contributed by atoms with Gasteiger partial charge in [0.2, 0.25) is 11.8 Å². The lowest BCUT2D eigenvalue weighted by atomic mass is 9.76. The zero-order chi connectivity index (χ0) is 18.7. The Morgan fingerprint density at radius 1 is 1.24 bits per heavy atom. The molecule has 0 heterocycles. The third kappa shape index (κ3) is 8.67. The Morgan fingerprint density at radius 3 is 2.52 bits per heavy atom. The summed E-state index contributed by atoms with van der Waals surface area (Å²) in [7, 11) is -0.0769. The van der Waals surface area contributed by atoms with Crippen LogP contribution in [0, 0.1) is 0 Å². The van der Waals surface area contributed by atoms with Gasteiger partial charge >= 0.3 is 7.12 Å². The Hall–Kier alpha value is -1.90. The second kappa shape index (κ2) is 11.6. The molecule has 1 unspecified atom stereocenters. The van der Waals surface area contributed by atoms with Crippen LogP contribution in [0.1, 0.15) is 31.2 Å². The molecule has 8 heteroatoms. The summed E-state index contributed by atoms with van der Waals surface area (Å²) in [5, 5.41) is 21.2. The van der Waals surface area contributed by atoms with E-state index in [4.69, 9.17) is 5.73 Å². The number of nitrogens with two attached hydrogens (primary N) is 1. The monoisotopic (exact) mass is 349 g/mol. The lowest BCUT2D eigenvalue weighted by Crippen LogP contribution is -2.49. The molecule has 1 atom stereocenters. The van der Waals surface area contributed by atoms with Crippen molar-refractivity contribution in [1.29, 1.82) is 0 Å². The maximum absolute atomic E-state index is 12.1. The summed E-state index contributed by atoms with van der Waals surface area (Å²) in [6.45, 7) is 0.397. The van der Waals surface area contributed by atoms with Crippen molar-refractivity contribution in [2.75, 3.05) is 20.1 Å². The average molecular weight is 349 g/mol. The van der Waals surface area contributed by atoms with Gasteiger partial charge in [0.25, 0.3) is 0 Å². The predicted molar refractivity (Wildman–Crippen MR) is 97.4 cm³/mol. The van der Waals surface area contributed by atoms with Gasteiger partial charge in [0, 0.05) is 13.5 Å². The van der Waals surface area contributed by atoms with Crippen LogP contribution >= 0.6 is 0 Å². The maximum atomic E-state index is 12.1. The quantitative estimate of drug-likeness (QED) is 0.323. The Bertz CT molecular complexity index is 528. The molecule has 1 aromatic rings. The van der Waals surface area contributed by atoms with Gasteiger partial charge in [-0.05, 0) is 31.4 Å². The van der Waals surface area contributed by atoms with Crippen LogP contribution in [0.3, 0.4) is 0 Å². The van der Waals surface area contributed by atoms with Gasteiger partial charge < -0.3 is 26.0 Å². The number of hydrogen-bond acceptors (Lipinski definition) is 5. The van der Waals surface area contributed by atoms with Crippen LogP contribution in [0.15, 0.2) is 30.3 Å². The van der Waals surface area contributed by atoms with E-state index in [1.165, 1.54) is 4.90 Å². The van der Waals surface area contributed by atoms with Crippen LogP contribution in [-0.4, -0.2) is 60.0 Å². The molecule has 0 radical (unpaired) electrons. The summed E-state index contributed by atoms with van der Waals surface area (Å²) < 4.78 is 0. The molecule has 7 nitrogen and oxygen atoms in total. The number of nitrogens with zero attached hydrogens (tertiary/aromatic N) is 1. The van der Waals surface area contributed by atoms with E-state index in [1.54, 1.807) is 7.05 Å². The number of nitrogens with one attached hydrogen (secondary N) is 1. The molecule has 0 bridgehead atoms. The highest BCUT2D eigenvalue weighted by Crippen LogP contribution is 2.05. The van der Waals surface area contributed by atoms with Crippen molar-refractivity contribution >= 4 is 18.9 Å². The first kappa shape index (κ1) is 21.1. The minimum atomic E-state index is -1.64. The molecule has 2 amide bonds. The number of rotatable bonds is 11. The van der Waals surface area contributed by atoms with Crippen molar-refractivity contribution in [3.63, 3.8) is 0 Å². The zero-order valence-corrected chi connectivity index (χ0v) is 14.7. The summed E-state index contributed by atoms with van der Waals surface area (Å²) >= 11 is 0. The van der Waals surface area contributed by atoms with Crippen molar-refractivity contribution in [1.82, 2.24) is 10.2 Å². The molecule has 138 valence electrons. The van der Waals surface area contributed by atoms with Crippen LogP contribution in [0.2, 0.25) is 0 Å². The Labute approximate surface area is 149 Å². The number of carbonyl (C=O) groups is 2. The van der Waals surface area contributed by atoms with Crippen LogP contribution in [-0.2, 0) is 16.0 Å². The highest BCUT2D eigenvalue weighted by Gasteiger charge is 2.25. The minimum absolute atomic E-state index is 0.117. The van der Waals surface area contributed by atoms with E-state index in [1.807, 2.05) is 30.3 Å². The molecular formula is C17H28BN3O4. The van der Waals surface area contributed by atoms with Crippen molar-refractivity contribution in [2.45, 2.75) is 38.0 Å². The van der Waals surface area contributed by atoms with Crippen LogP contribution in [0.5, 0.6) is 0 Å². The van der Waals surface area contributed by atoms with E-state index < -0.39 is 19.0 Å². The second-order valence-electron chi connectivity index (χ2n) is 6.11. The van der Waals surface area contributed by atoms with Gasteiger partial charge in [-0.1, -0.05) is 36.8 Å². The number of aryl methyl sites for hydroxylation is 1. The van der Waals surface area contributed by atoms with Crippen molar-refractivity contribution in [3.05, 3.63) is 35.9 Å². The molecule has 0 aromatic heterocycles. The molecule has 0 spiro atoms. The SMILES string of the molecule is CN(CC(=O)NC(CCCCN)B(O)O)C(=O)CCc1ccccc1. The second-order valence-corrected chi connectivity index (χ2v) is 6.11. The van der Waals surface area contributed by atoms with Crippen molar-refractivity contribution in [3.8, 4) is 0 Å². The molecule has 0 aliphatic carbocycles. The van der Waals surface area contributed by atoms with Gasteiger partial charge in [-0.2, -0.15) is 0 Å². The highest BCUT2D eigenvalue weighted by molar-refractivity contribution is 6.43.